The summed E-state index contributed by atoms with van der Waals surface area (Å²) in [5, 5.41) is 5.38. The topological polar surface area (TPSA) is 76.7 Å². The molecule has 0 saturated carbocycles. The third-order valence-electron chi connectivity index (χ3n) is 3.52. The van der Waals surface area contributed by atoms with Gasteiger partial charge in [-0.2, -0.15) is 0 Å². The van der Waals surface area contributed by atoms with E-state index in [0.717, 1.165) is 16.9 Å². The fraction of sp³-hybridized carbons (Fsp3) is 0.375. The number of hydrogen-bond donors (Lipinski definition) is 2. The summed E-state index contributed by atoms with van der Waals surface area (Å²) in [4.78, 5) is 24.0. The van der Waals surface area contributed by atoms with Crippen molar-refractivity contribution in [3.05, 3.63) is 40.6 Å². The number of aryl methyl sites for hydroxylation is 1. The Bertz CT molecular complexity index is 637. The first-order chi connectivity index (χ1) is 10.5. The molecule has 22 heavy (non-hydrogen) atoms. The maximum atomic E-state index is 12.2. The number of benzene rings is 1. The second kappa shape index (κ2) is 6.51. The van der Waals surface area contributed by atoms with Gasteiger partial charge in [0, 0.05) is 5.70 Å². The molecule has 1 aromatic rings. The lowest BCUT2D eigenvalue weighted by Crippen LogP contribution is -2.45. The second-order valence-electron chi connectivity index (χ2n) is 5.02. The first-order valence-corrected chi connectivity index (χ1v) is 7.07. The van der Waals surface area contributed by atoms with Crippen LogP contribution in [0.5, 0.6) is 5.75 Å². The summed E-state index contributed by atoms with van der Waals surface area (Å²) in [5.41, 5.74) is 2.64. The van der Waals surface area contributed by atoms with Gasteiger partial charge in [0.1, 0.15) is 5.75 Å². The van der Waals surface area contributed by atoms with Gasteiger partial charge in [-0.05, 0) is 44.0 Å². The van der Waals surface area contributed by atoms with E-state index < -0.39 is 12.0 Å². The zero-order valence-electron chi connectivity index (χ0n) is 13.1. The van der Waals surface area contributed by atoms with Crippen molar-refractivity contribution < 1.29 is 19.1 Å². The molecule has 0 spiro atoms. The van der Waals surface area contributed by atoms with Crippen LogP contribution >= 0.6 is 0 Å². The lowest BCUT2D eigenvalue weighted by atomic mass is 9.94. The molecule has 1 atom stereocenters. The van der Waals surface area contributed by atoms with E-state index in [9.17, 15) is 9.59 Å². The number of amides is 2. The predicted octanol–water partition coefficient (Wildman–Crippen LogP) is 2.19. The Morgan fingerprint density at radius 3 is 2.64 bits per heavy atom. The Morgan fingerprint density at radius 1 is 1.32 bits per heavy atom. The lowest BCUT2D eigenvalue weighted by molar-refractivity contribution is -0.139. The van der Waals surface area contributed by atoms with Crippen LogP contribution in [0.4, 0.5) is 4.79 Å². The highest BCUT2D eigenvalue weighted by molar-refractivity contribution is 5.95. The SMILES string of the molecule is CCOC(=O)C1=C(C)NC(=O)NC1c1ccc(OC)c(C)c1. The molecule has 6 nitrogen and oxygen atoms in total. The number of ether oxygens (including phenoxy) is 2. The van der Waals surface area contributed by atoms with Gasteiger partial charge in [0.15, 0.2) is 0 Å². The number of allylic oxidation sites excluding steroid dienone is 1. The number of hydrogen-bond acceptors (Lipinski definition) is 4. The summed E-state index contributed by atoms with van der Waals surface area (Å²) >= 11 is 0. The van der Waals surface area contributed by atoms with Crippen molar-refractivity contribution >= 4 is 12.0 Å². The molecule has 2 amide bonds. The first kappa shape index (κ1) is 15.9. The van der Waals surface area contributed by atoms with Crippen molar-refractivity contribution in [2.75, 3.05) is 13.7 Å². The molecule has 6 heteroatoms. The summed E-state index contributed by atoms with van der Waals surface area (Å²) < 4.78 is 10.3. The van der Waals surface area contributed by atoms with Gasteiger partial charge in [-0.15, -0.1) is 0 Å². The summed E-state index contributed by atoms with van der Waals surface area (Å²) in [7, 11) is 1.60. The highest BCUT2D eigenvalue weighted by Crippen LogP contribution is 2.30. The van der Waals surface area contributed by atoms with Crippen molar-refractivity contribution in [1.82, 2.24) is 10.6 Å². The van der Waals surface area contributed by atoms with Crippen LogP contribution < -0.4 is 15.4 Å². The van der Waals surface area contributed by atoms with Gasteiger partial charge < -0.3 is 20.1 Å². The van der Waals surface area contributed by atoms with Gasteiger partial charge in [-0.1, -0.05) is 6.07 Å². The molecule has 118 valence electrons. The molecular formula is C16H20N2O4. The molecule has 1 heterocycles. The second-order valence-corrected chi connectivity index (χ2v) is 5.02. The zero-order valence-corrected chi connectivity index (χ0v) is 13.1. The number of carbonyl (C=O) groups excluding carboxylic acids is 2. The minimum absolute atomic E-state index is 0.276. The van der Waals surface area contributed by atoms with E-state index in [0.29, 0.717) is 11.3 Å². The number of carbonyl (C=O) groups is 2. The smallest absolute Gasteiger partial charge is 0.338 e. The maximum Gasteiger partial charge on any atom is 0.338 e. The quantitative estimate of drug-likeness (QED) is 0.836. The monoisotopic (exact) mass is 304 g/mol. The Labute approximate surface area is 129 Å². The van der Waals surface area contributed by atoms with Crippen LogP contribution in [0.3, 0.4) is 0 Å². The fourth-order valence-corrected chi connectivity index (χ4v) is 2.50. The molecule has 1 aliphatic rings. The Balaban J connectivity index is 2.45. The molecule has 0 fully saturated rings. The van der Waals surface area contributed by atoms with Crippen LogP contribution in [-0.2, 0) is 9.53 Å². The standard InChI is InChI=1S/C16H20N2O4/c1-5-22-15(19)13-10(3)17-16(20)18-14(13)11-6-7-12(21-4)9(2)8-11/h6-8,14H,5H2,1-4H3,(H2,17,18,20). The van der Waals surface area contributed by atoms with Gasteiger partial charge in [-0.3, -0.25) is 0 Å². The molecule has 0 aliphatic carbocycles. The number of urea groups is 1. The van der Waals surface area contributed by atoms with E-state index in [1.165, 1.54) is 0 Å². The van der Waals surface area contributed by atoms with Crippen LogP contribution in [0.1, 0.15) is 31.0 Å². The van der Waals surface area contributed by atoms with Crippen LogP contribution in [0, 0.1) is 6.92 Å². The minimum Gasteiger partial charge on any atom is -0.496 e. The highest BCUT2D eigenvalue weighted by atomic mass is 16.5. The van der Waals surface area contributed by atoms with Crippen LogP contribution in [0.2, 0.25) is 0 Å². The lowest BCUT2D eigenvalue weighted by Gasteiger charge is -2.28. The summed E-state index contributed by atoms with van der Waals surface area (Å²) in [6.45, 7) is 5.62. The predicted molar refractivity (Wildman–Crippen MR) is 81.5 cm³/mol. The summed E-state index contributed by atoms with van der Waals surface area (Å²) in [6.07, 6.45) is 0. The van der Waals surface area contributed by atoms with E-state index in [2.05, 4.69) is 10.6 Å². The van der Waals surface area contributed by atoms with E-state index in [1.54, 1.807) is 21.0 Å². The Kier molecular flexibility index (Phi) is 4.70. The molecule has 0 saturated heterocycles. The largest absolute Gasteiger partial charge is 0.496 e. The number of esters is 1. The van der Waals surface area contributed by atoms with E-state index in [4.69, 9.17) is 9.47 Å². The third kappa shape index (κ3) is 3.05. The molecule has 0 radical (unpaired) electrons. The average molecular weight is 304 g/mol. The van der Waals surface area contributed by atoms with Crippen LogP contribution in [0.15, 0.2) is 29.5 Å². The number of nitrogens with one attached hydrogen (secondary N) is 2. The van der Waals surface area contributed by atoms with Crippen molar-refractivity contribution in [1.29, 1.82) is 0 Å². The van der Waals surface area contributed by atoms with Crippen molar-refractivity contribution in [3.8, 4) is 5.75 Å². The van der Waals surface area contributed by atoms with E-state index >= 15 is 0 Å². The van der Waals surface area contributed by atoms with Gasteiger partial charge in [0.25, 0.3) is 0 Å². The molecule has 1 unspecified atom stereocenters. The van der Waals surface area contributed by atoms with Gasteiger partial charge >= 0.3 is 12.0 Å². The first-order valence-electron chi connectivity index (χ1n) is 7.07. The summed E-state index contributed by atoms with van der Waals surface area (Å²) in [5.74, 6) is 0.313. The number of rotatable bonds is 4. The van der Waals surface area contributed by atoms with Crippen molar-refractivity contribution in [3.63, 3.8) is 0 Å². The molecule has 0 aromatic heterocycles. The third-order valence-corrected chi connectivity index (χ3v) is 3.52. The Hall–Kier alpha value is -2.50. The van der Waals surface area contributed by atoms with Crippen LogP contribution in [0.25, 0.3) is 0 Å². The van der Waals surface area contributed by atoms with E-state index in [1.807, 2.05) is 25.1 Å². The van der Waals surface area contributed by atoms with Gasteiger partial charge in [-0.25, -0.2) is 9.59 Å². The minimum atomic E-state index is -0.544. The van der Waals surface area contributed by atoms with Crippen LogP contribution in [-0.4, -0.2) is 25.7 Å². The zero-order chi connectivity index (χ0) is 16.3. The number of methoxy groups -OCH3 is 1. The molecular weight excluding hydrogens is 284 g/mol. The molecule has 1 aromatic carbocycles. The molecule has 2 rings (SSSR count). The fourth-order valence-electron chi connectivity index (χ4n) is 2.50. The molecule has 2 N–H and O–H groups in total. The molecule has 0 bridgehead atoms. The maximum absolute atomic E-state index is 12.2. The average Bonchev–Trinajstić information content (AvgIpc) is 2.46. The van der Waals surface area contributed by atoms with Crippen molar-refractivity contribution in [2.45, 2.75) is 26.8 Å². The highest BCUT2D eigenvalue weighted by Gasteiger charge is 2.32. The molecule has 1 aliphatic heterocycles. The normalized spacial score (nSPS) is 17.6. The van der Waals surface area contributed by atoms with Gasteiger partial charge in [0.05, 0.1) is 25.3 Å². The Morgan fingerprint density at radius 2 is 2.05 bits per heavy atom. The van der Waals surface area contributed by atoms with E-state index in [-0.39, 0.29) is 12.6 Å². The van der Waals surface area contributed by atoms with Crippen molar-refractivity contribution in [2.24, 2.45) is 0 Å². The van der Waals surface area contributed by atoms with Gasteiger partial charge in [0.2, 0.25) is 0 Å². The summed E-state index contributed by atoms with van der Waals surface area (Å²) in [6, 6.07) is 4.65.